The summed E-state index contributed by atoms with van der Waals surface area (Å²) < 4.78 is 0. The summed E-state index contributed by atoms with van der Waals surface area (Å²) in [5, 5.41) is 3.53. The van der Waals surface area contributed by atoms with Crippen molar-refractivity contribution in [3.8, 4) is 0 Å². The van der Waals surface area contributed by atoms with E-state index in [1.807, 2.05) is 0 Å². The summed E-state index contributed by atoms with van der Waals surface area (Å²) in [5.41, 5.74) is 2.98. The quantitative estimate of drug-likeness (QED) is 0.687. The van der Waals surface area contributed by atoms with Crippen LogP contribution < -0.4 is 5.32 Å². The summed E-state index contributed by atoms with van der Waals surface area (Å²) in [6.07, 6.45) is 1.13. The molecule has 1 N–H and O–H groups in total. The maximum Gasteiger partial charge on any atom is 0.0236 e. The second-order valence-electron chi connectivity index (χ2n) is 5.58. The van der Waals surface area contributed by atoms with Gasteiger partial charge in [0.15, 0.2) is 0 Å². The van der Waals surface area contributed by atoms with Crippen molar-refractivity contribution in [1.29, 1.82) is 0 Å². The lowest BCUT2D eigenvalue weighted by molar-refractivity contribution is 0.295. The molecule has 0 atom stereocenters. The van der Waals surface area contributed by atoms with Crippen LogP contribution in [0, 0.1) is 5.92 Å². The standard InChI is InChI=1S/C17H30N2/c1-5-19(6-2)14-17-10-8-7-9-16(17)11-12-18-13-15(3)4/h7-10,15,18H,5-6,11-14H2,1-4H3. The van der Waals surface area contributed by atoms with E-state index in [1.54, 1.807) is 0 Å². The third kappa shape index (κ3) is 6.22. The van der Waals surface area contributed by atoms with Crippen molar-refractivity contribution in [3.05, 3.63) is 35.4 Å². The zero-order valence-electron chi connectivity index (χ0n) is 13.1. The number of hydrogen-bond donors (Lipinski definition) is 1. The normalized spacial score (nSPS) is 11.5. The molecular formula is C17H30N2. The Labute approximate surface area is 119 Å². The Morgan fingerprint density at radius 3 is 2.26 bits per heavy atom. The van der Waals surface area contributed by atoms with Crippen molar-refractivity contribution in [2.45, 2.75) is 40.7 Å². The van der Waals surface area contributed by atoms with Gasteiger partial charge in [-0.25, -0.2) is 0 Å². The van der Waals surface area contributed by atoms with Crippen molar-refractivity contribution < 1.29 is 0 Å². The first-order valence-electron chi connectivity index (χ1n) is 7.67. The summed E-state index contributed by atoms with van der Waals surface area (Å²) >= 11 is 0. The van der Waals surface area contributed by atoms with Gasteiger partial charge in [0.05, 0.1) is 0 Å². The smallest absolute Gasteiger partial charge is 0.0236 e. The fourth-order valence-electron chi connectivity index (χ4n) is 2.26. The largest absolute Gasteiger partial charge is 0.316 e. The summed E-state index contributed by atoms with van der Waals surface area (Å²) in [7, 11) is 0. The Morgan fingerprint density at radius 1 is 1.05 bits per heavy atom. The van der Waals surface area contributed by atoms with Crippen LogP contribution in [0.5, 0.6) is 0 Å². The van der Waals surface area contributed by atoms with Gasteiger partial charge in [-0.1, -0.05) is 52.0 Å². The molecule has 0 bridgehead atoms. The first-order valence-corrected chi connectivity index (χ1v) is 7.67. The maximum atomic E-state index is 3.53. The summed E-state index contributed by atoms with van der Waals surface area (Å²) in [6, 6.07) is 8.86. The molecule has 2 heteroatoms. The lowest BCUT2D eigenvalue weighted by Gasteiger charge is -2.20. The van der Waals surface area contributed by atoms with E-state index in [9.17, 15) is 0 Å². The van der Waals surface area contributed by atoms with Gasteiger partial charge in [0, 0.05) is 6.54 Å². The Bertz CT molecular complexity index is 343. The molecule has 2 nitrogen and oxygen atoms in total. The van der Waals surface area contributed by atoms with Crippen LogP contribution in [0.1, 0.15) is 38.8 Å². The van der Waals surface area contributed by atoms with Gasteiger partial charge in [-0.05, 0) is 49.6 Å². The van der Waals surface area contributed by atoms with E-state index in [2.05, 4.69) is 62.2 Å². The van der Waals surface area contributed by atoms with Crippen molar-refractivity contribution in [1.82, 2.24) is 10.2 Å². The van der Waals surface area contributed by atoms with E-state index < -0.39 is 0 Å². The number of rotatable bonds is 9. The average molecular weight is 262 g/mol. The second kappa shape index (κ2) is 9.11. The third-order valence-corrected chi connectivity index (χ3v) is 3.53. The fraction of sp³-hybridized carbons (Fsp3) is 0.647. The topological polar surface area (TPSA) is 15.3 Å². The molecule has 0 aromatic heterocycles. The highest BCUT2D eigenvalue weighted by Crippen LogP contribution is 2.12. The van der Waals surface area contributed by atoms with Crippen molar-refractivity contribution in [3.63, 3.8) is 0 Å². The van der Waals surface area contributed by atoms with Crippen molar-refractivity contribution >= 4 is 0 Å². The molecule has 0 saturated carbocycles. The van der Waals surface area contributed by atoms with Gasteiger partial charge >= 0.3 is 0 Å². The summed E-state index contributed by atoms with van der Waals surface area (Å²) in [6.45, 7) is 14.5. The van der Waals surface area contributed by atoms with Crippen LogP contribution in [0.2, 0.25) is 0 Å². The van der Waals surface area contributed by atoms with E-state index in [0.717, 1.165) is 45.1 Å². The Kier molecular flexibility index (Phi) is 7.76. The highest BCUT2D eigenvalue weighted by atomic mass is 15.1. The van der Waals surface area contributed by atoms with Crippen LogP contribution in [-0.2, 0) is 13.0 Å². The monoisotopic (exact) mass is 262 g/mol. The first kappa shape index (κ1) is 16.2. The van der Waals surface area contributed by atoms with Gasteiger partial charge in [-0.2, -0.15) is 0 Å². The lowest BCUT2D eigenvalue weighted by atomic mass is 10.0. The van der Waals surface area contributed by atoms with Gasteiger partial charge in [0.25, 0.3) is 0 Å². The van der Waals surface area contributed by atoms with Gasteiger partial charge < -0.3 is 5.32 Å². The number of hydrogen-bond acceptors (Lipinski definition) is 2. The van der Waals surface area contributed by atoms with Gasteiger partial charge in [0.1, 0.15) is 0 Å². The van der Waals surface area contributed by atoms with E-state index in [4.69, 9.17) is 0 Å². The average Bonchev–Trinajstić information content (AvgIpc) is 2.42. The van der Waals surface area contributed by atoms with E-state index >= 15 is 0 Å². The van der Waals surface area contributed by atoms with Crippen LogP contribution in [0.3, 0.4) is 0 Å². The zero-order valence-corrected chi connectivity index (χ0v) is 13.1. The Hall–Kier alpha value is -0.860. The highest BCUT2D eigenvalue weighted by Gasteiger charge is 2.05. The van der Waals surface area contributed by atoms with Crippen LogP contribution in [0.15, 0.2) is 24.3 Å². The minimum Gasteiger partial charge on any atom is -0.316 e. The minimum atomic E-state index is 0.728. The molecule has 0 saturated heterocycles. The third-order valence-electron chi connectivity index (χ3n) is 3.53. The molecule has 1 rings (SSSR count). The molecule has 0 spiro atoms. The molecule has 19 heavy (non-hydrogen) atoms. The van der Waals surface area contributed by atoms with E-state index in [-0.39, 0.29) is 0 Å². The van der Waals surface area contributed by atoms with E-state index in [1.165, 1.54) is 11.1 Å². The molecule has 0 heterocycles. The van der Waals surface area contributed by atoms with Crippen LogP contribution in [0.4, 0.5) is 0 Å². The first-order chi connectivity index (χ1) is 9.17. The molecule has 1 aromatic carbocycles. The molecule has 108 valence electrons. The summed E-state index contributed by atoms with van der Waals surface area (Å²) in [4.78, 5) is 2.47. The molecule has 0 aliphatic rings. The molecule has 0 aliphatic heterocycles. The summed E-state index contributed by atoms with van der Waals surface area (Å²) in [5.74, 6) is 0.728. The second-order valence-corrected chi connectivity index (χ2v) is 5.58. The van der Waals surface area contributed by atoms with Crippen LogP contribution in [-0.4, -0.2) is 31.1 Å². The Morgan fingerprint density at radius 2 is 1.68 bits per heavy atom. The van der Waals surface area contributed by atoms with Crippen LogP contribution >= 0.6 is 0 Å². The van der Waals surface area contributed by atoms with Gasteiger partial charge in [-0.3, -0.25) is 4.90 Å². The molecule has 1 aromatic rings. The lowest BCUT2D eigenvalue weighted by Crippen LogP contribution is -2.24. The van der Waals surface area contributed by atoms with Crippen molar-refractivity contribution in [2.75, 3.05) is 26.2 Å². The number of nitrogens with one attached hydrogen (secondary N) is 1. The fourth-order valence-corrected chi connectivity index (χ4v) is 2.26. The predicted octanol–water partition coefficient (Wildman–Crippen LogP) is 3.32. The van der Waals surface area contributed by atoms with Gasteiger partial charge in [-0.15, -0.1) is 0 Å². The number of nitrogens with zero attached hydrogens (tertiary/aromatic N) is 1. The molecule has 0 aliphatic carbocycles. The molecular weight excluding hydrogens is 232 g/mol. The highest BCUT2D eigenvalue weighted by molar-refractivity contribution is 5.27. The Balaban J connectivity index is 2.52. The maximum absolute atomic E-state index is 3.53. The van der Waals surface area contributed by atoms with Crippen molar-refractivity contribution in [2.24, 2.45) is 5.92 Å². The number of benzene rings is 1. The predicted molar refractivity (Wildman–Crippen MR) is 84.5 cm³/mol. The van der Waals surface area contributed by atoms with Gasteiger partial charge in [0.2, 0.25) is 0 Å². The zero-order chi connectivity index (χ0) is 14.1. The minimum absolute atomic E-state index is 0.728. The molecule has 0 radical (unpaired) electrons. The molecule has 0 unspecified atom stereocenters. The van der Waals surface area contributed by atoms with Crippen LogP contribution in [0.25, 0.3) is 0 Å². The SMILES string of the molecule is CCN(CC)Cc1ccccc1CCNCC(C)C. The van der Waals surface area contributed by atoms with E-state index in [0.29, 0.717) is 0 Å². The molecule has 0 fully saturated rings. The molecule has 0 amide bonds.